The second-order valence-electron chi connectivity index (χ2n) is 7.64. The van der Waals surface area contributed by atoms with Crippen LogP contribution < -0.4 is 10.1 Å². The van der Waals surface area contributed by atoms with Gasteiger partial charge in [-0.05, 0) is 55.2 Å². The lowest BCUT2D eigenvalue weighted by atomic mass is 9.72. The van der Waals surface area contributed by atoms with Crippen molar-refractivity contribution in [1.29, 1.82) is 0 Å². The number of esters is 1. The SMILES string of the molecule is COc1ccc(C[C@H]2NC[C@H](O)[C@H]2OC(=O)C2CC3(CC3)C2)cc1. The van der Waals surface area contributed by atoms with Gasteiger partial charge in [0.05, 0.1) is 19.1 Å². The Hall–Kier alpha value is -1.59. The van der Waals surface area contributed by atoms with Crippen molar-refractivity contribution in [3.63, 3.8) is 0 Å². The summed E-state index contributed by atoms with van der Waals surface area (Å²) in [6.45, 7) is 0.466. The van der Waals surface area contributed by atoms with Gasteiger partial charge in [0.1, 0.15) is 18.0 Å². The average molecular weight is 331 g/mol. The van der Waals surface area contributed by atoms with E-state index >= 15 is 0 Å². The maximum atomic E-state index is 12.3. The Morgan fingerprint density at radius 1 is 1.29 bits per heavy atom. The first-order valence-corrected chi connectivity index (χ1v) is 8.83. The van der Waals surface area contributed by atoms with E-state index in [2.05, 4.69) is 5.32 Å². The van der Waals surface area contributed by atoms with Crippen molar-refractivity contribution in [3.8, 4) is 5.75 Å². The Morgan fingerprint density at radius 2 is 2.00 bits per heavy atom. The number of methoxy groups -OCH3 is 1. The van der Waals surface area contributed by atoms with E-state index in [9.17, 15) is 9.90 Å². The molecule has 130 valence electrons. The van der Waals surface area contributed by atoms with E-state index in [1.807, 2.05) is 24.3 Å². The van der Waals surface area contributed by atoms with Crippen LogP contribution in [0.15, 0.2) is 24.3 Å². The van der Waals surface area contributed by atoms with E-state index < -0.39 is 12.2 Å². The molecule has 1 saturated heterocycles. The molecule has 0 aromatic heterocycles. The van der Waals surface area contributed by atoms with Crippen molar-refractivity contribution < 1.29 is 19.4 Å². The predicted molar refractivity (Wildman–Crippen MR) is 88.8 cm³/mol. The lowest BCUT2D eigenvalue weighted by Crippen LogP contribution is -2.42. The summed E-state index contributed by atoms with van der Waals surface area (Å²) in [7, 11) is 1.64. The summed E-state index contributed by atoms with van der Waals surface area (Å²) in [4.78, 5) is 12.3. The van der Waals surface area contributed by atoms with E-state index in [1.165, 1.54) is 12.8 Å². The van der Waals surface area contributed by atoms with E-state index in [1.54, 1.807) is 7.11 Å². The molecule has 0 bridgehead atoms. The van der Waals surface area contributed by atoms with E-state index in [4.69, 9.17) is 9.47 Å². The van der Waals surface area contributed by atoms with Crippen molar-refractivity contribution in [2.75, 3.05) is 13.7 Å². The Balaban J connectivity index is 1.36. The van der Waals surface area contributed by atoms with Gasteiger partial charge in [0.2, 0.25) is 0 Å². The minimum Gasteiger partial charge on any atom is -0.497 e. The molecule has 24 heavy (non-hydrogen) atoms. The summed E-state index contributed by atoms with van der Waals surface area (Å²) >= 11 is 0. The van der Waals surface area contributed by atoms with Gasteiger partial charge in [-0.1, -0.05) is 12.1 Å². The minimum absolute atomic E-state index is 0.0435. The van der Waals surface area contributed by atoms with Crippen LogP contribution in [0.2, 0.25) is 0 Å². The Labute approximate surface area is 142 Å². The molecular weight excluding hydrogens is 306 g/mol. The van der Waals surface area contributed by atoms with E-state index in [0.717, 1.165) is 24.2 Å². The maximum absolute atomic E-state index is 12.3. The molecule has 3 aliphatic rings. The number of benzene rings is 1. The molecule has 5 heteroatoms. The summed E-state index contributed by atoms with van der Waals surface area (Å²) in [6, 6.07) is 7.81. The van der Waals surface area contributed by atoms with Gasteiger partial charge in [0, 0.05) is 6.54 Å². The molecule has 0 unspecified atom stereocenters. The number of aliphatic hydroxyl groups is 1. The van der Waals surface area contributed by atoms with Crippen LogP contribution in [0.5, 0.6) is 5.75 Å². The van der Waals surface area contributed by atoms with Gasteiger partial charge in [-0.2, -0.15) is 0 Å². The van der Waals surface area contributed by atoms with Crippen LogP contribution in [0.4, 0.5) is 0 Å². The molecule has 5 nitrogen and oxygen atoms in total. The molecule has 4 rings (SSSR count). The van der Waals surface area contributed by atoms with Gasteiger partial charge >= 0.3 is 5.97 Å². The topological polar surface area (TPSA) is 67.8 Å². The van der Waals surface area contributed by atoms with Gasteiger partial charge in [0.15, 0.2) is 0 Å². The number of carbonyl (C=O) groups is 1. The van der Waals surface area contributed by atoms with Gasteiger partial charge in [-0.25, -0.2) is 0 Å². The molecule has 1 aromatic rings. The van der Waals surface area contributed by atoms with E-state index in [0.29, 0.717) is 18.4 Å². The zero-order chi connectivity index (χ0) is 16.7. The highest BCUT2D eigenvalue weighted by atomic mass is 16.6. The number of ether oxygens (including phenoxy) is 2. The predicted octanol–water partition coefficient (Wildman–Crippen LogP) is 1.67. The molecule has 1 aliphatic heterocycles. The zero-order valence-electron chi connectivity index (χ0n) is 14.0. The minimum atomic E-state index is -0.632. The number of hydrogen-bond acceptors (Lipinski definition) is 5. The summed E-state index contributed by atoms with van der Waals surface area (Å²) in [5.41, 5.74) is 1.61. The van der Waals surface area contributed by atoms with Gasteiger partial charge in [0.25, 0.3) is 0 Å². The van der Waals surface area contributed by atoms with Crippen molar-refractivity contribution in [1.82, 2.24) is 5.32 Å². The number of carbonyl (C=O) groups excluding carboxylic acids is 1. The highest BCUT2D eigenvalue weighted by molar-refractivity contribution is 5.74. The number of β-amino-alcohol motifs (C(OH)–C–C–N with tert-alkyl or cyclic N) is 1. The molecule has 0 amide bonds. The van der Waals surface area contributed by atoms with Gasteiger partial charge in [-0.3, -0.25) is 4.79 Å². The van der Waals surface area contributed by atoms with Crippen LogP contribution >= 0.6 is 0 Å². The summed E-state index contributed by atoms with van der Waals surface area (Å²) in [5, 5.41) is 13.5. The molecule has 3 atom stereocenters. The van der Waals surface area contributed by atoms with Crippen LogP contribution in [0, 0.1) is 11.3 Å². The fourth-order valence-corrected chi connectivity index (χ4v) is 4.10. The molecule has 3 fully saturated rings. The Bertz CT molecular complexity index is 602. The molecule has 2 N–H and O–H groups in total. The molecule has 0 radical (unpaired) electrons. The number of hydrogen-bond donors (Lipinski definition) is 2. The molecule has 1 heterocycles. The fraction of sp³-hybridized carbons (Fsp3) is 0.632. The average Bonchev–Trinajstić information content (AvgIpc) is 3.30. The quantitative estimate of drug-likeness (QED) is 0.804. The molecule has 1 aromatic carbocycles. The second kappa shape index (κ2) is 6.05. The lowest BCUT2D eigenvalue weighted by Gasteiger charge is -2.35. The van der Waals surface area contributed by atoms with Crippen molar-refractivity contribution in [2.45, 2.75) is 50.4 Å². The molecule has 2 saturated carbocycles. The molecular formula is C19H25NO4. The highest BCUT2D eigenvalue weighted by Gasteiger charge is 2.56. The van der Waals surface area contributed by atoms with Gasteiger partial charge in [-0.15, -0.1) is 0 Å². The molecule has 2 aliphatic carbocycles. The summed E-state index contributed by atoms with van der Waals surface area (Å²) in [6.07, 6.45) is 4.11. The Kier molecular flexibility index (Phi) is 4.01. The van der Waals surface area contributed by atoms with E-state index in [-0.39, 0.29) is 17.9 Å². The third-order valence-corrected chi connectivity index (χ3v) is 5.88. The zero-order valence-corrected chi connectivity index (χ0v) is 14.0. The van der Waals surface area contributed by atoms with Crippen LogP contribution in [-0.2, 0) is 16.0 Å². The van der Waals surface area contributed by atoms with Crippen LogP contribution in [0.1, 0.15) is 31.2 Å². The van der Waals surface area contributed by atoms with Crippen LogP contribution in [-0.4, -0.2) is 43.0 Å². The van der Waals surface area contributed by atoms with Crippen molar-refractivity contribution in [2.24, 2.45) is 11.3 Å². The largest absolute Gasteiger partial charge is 0.497 e. The van der Waals surface area contributed by atoms with Gasteiger partial charge < -0.3 is 19.9 Å². The number of nitrogens with one attached hydrogen (secondary N) is 1. The lowest BCUT2D eigenvalue weighted by molar-refractivity contribution is -0.164. The van der Waals surface area contributed by atoms with Crippen molar-refractivity contribution in [3.05, 3.63) is 29.8 Å². The smallest absolute Gasteiger partial charge is 0.309 e. The number of aliphatic hydroxyl groups excluding tert-OH is 1. The second-order valence-corrected chi connectivity index (χ2v) is 7.64. The maximum Gasteiger partial charge on any atom is 0.309 e. The standard InChI is InChI=1S/C19H25NO4/c1-23-14-4-2-12(3-5-14)8-15-17(16(21)11-20-15)24-18(22)13-9-19(10-13)6-7-19/h2-5,13,15-17,20-21H,6-11H2,1H3/t15-,16+,17+/m1/s1. The highest BCUT2D eigenvalue weighted by Crippen LogP contribution is 2.63. The Morgan fingerprint density at radius 3 is 2.62 bits per heavy atom. The monoisotopic (exact) mass is 331 g/mol. The summed E-state index contributed by atoms with van der Waals surface area (Å²) in [5.74, 6) is 0.738. The first-order valence-electron chi connectivity index (χ1n) is 8.83. The molecule has 1 spiro atoms. The third kappa shape index (κ3) is 3.03. The van der Waals surface area contributed by atoms with Crippen molar-refractivity contribution >= 4 is 5.97 Å². The first kappa shape index (κ1) is 15.9. The summed E-state index contributed by atoms with van der Waals surface area (Å²) < 4.78 is 10.9. The third-order valence-electron chi connectivity index (χ3n) is 5.88. The normalized spacial score (nSPS) is 30.8. The first-order chi connectivity index (χ1) is 11.6. The number of rotatable bonds is 5. The van der Waals surface area contributed by atoms with Crippen LogP contribution in [0.25, 0.3) is 0 Å². The van der Waals surface area contributed by atoms with Crippen LogP contribution in [0.3, 0.4) is 0 Å². The fourth-order valence-electron chi connectivity index (χ4n) is 4.10.